The highest BCUT2D eigenvalue weighted by Crippen LogP contribution is 2.13. The number of unbranched alkanes of at least 4 members (excludes halogenated alkanes) is 14. The Morgan fingerprint density at radius 3 is 1.68 bits per heavy atom. The van der Waals surface area contributed by atoms with Gasteiger partial charge in [-0.15, -0.1) is 0 Å². The van der Waals surface area contributed by atoms with Gasteiger partial charge < -0.3 is 19.5 Å². The number of nitrogens with one attached hydrogen (secondary N) is 1. The van der Waals surface area contributed by atoms with Crippen molar-refractivity contribution in [2.24, 2.45) is 0 Å². The van der Waals surface area contributed by atoms with E-state index in [4.69, 9.17) is 14.2 Å². The zero-order chi connectivity index (χ0) is 25.0. The molecule has 0 unspecified atom stereocenters. The first-order valence-electron chi connectivity index (χ1n) is 14.1. The number of carbonyl (C=O) groups is 2. The van der Waals surface area contributed by atoms with E-state index in [2.05, 4.69) is 12.2 Å². The van der Waals surface area contributed by atoms with E-state index in [9.17, 15) is 9.59 Å². The minimum atomic E-state index is 0.0862. The number of carbonyl (C=O) groups excluding carboxylic acids is 2. The van der Waals surface area contributed by atoms with Crippen LogP contribution in [0.25, 0.3) is 0 Å². The molecule has 0 atom stereocenters. The molecule has 1 amide bonds. The summed E-state index contributed by atoms with van der Waals surface area (Å²) in [5.74, 6) is 0.194. The number of methoxy groups -OCH3 is 1. The summed E-state index contributed by atoms with van der Waals surface area (Å²) in [4.78, 5) is 23.4. The van der Waals surface area contributed by atoms with Gasteiger partial charge in [-0.1, -0.05) is 96.8 Å². The van der Waals surface area contributed by atoms with Gasteiger partial charge in [0.05, 0.1) is 19.8 Å². The van der Waals surface area contributed by atoms with Crippen LogP contribution in [0, 0.1) is 0 Å². The molecule has 0 aromatic carbocycles. The third kappa shape index (κ3) is 27.3. The summed E-state index contributed by atoms with van der Waals surface area (Å²) in [7, 11) is 1.63. The van der Waals surface area contributed by atoms with Crippen LogP contribution in [0.4, 0.5) is 0 Å². The quantitative estimate of drug-likeness (QED) is 0.130. The van der Waals surface area contributed by atoms with Crippen LogP contribution in [-0.2, 0) is 23.8 Å². The van der Waals surface area contributed by atoms with Crippen LogP contribution in [0.15, 0.2) is 0 Å². The number of Topliss-reactive ketones (excluding diaryl/α,β-unsaturated/α-hetero) is 1. The Morgan fingerprint density at radius 1 is 0.588 bits per heavy atom. The molecule has 0 aromatic heterocycles. The average molecular weight is 486 g/mol. The first-order chi connectivity index (χ1) is 16.7. The standard InChI is InChI=1S/C28H55NO5/c1-3-4-5-6-7-8-9-10-11-12-13-14-15-16-17-20-28(31)29-21-23-33-24-25-34-26-27(30)19-18-22-32-2/h3-26H2,1-2H3,(H,29,31). The minimum absolute atomic E-state index is 0.0862. The van der Waals surface area contributed by atoms with E-state index in [0.29, 0.717) is 45.8 Å². The molecular weight excluding hydrogens is 430 g/mol. The van der Waals surface area contributed by atoms with Gasteiger partial charge in [0.1, 0.15) is 6.61 Å². The highest BCUT2D eigenvalue weighted by molar-refractivity contribution is 5.79. The van der Waals surface area contributed by atoms with Gasteiger partial charge in [0.2, 0.25) is 5.91 Å². The van der Waals surface area contributed by atoms with Crippen molar-refractivity contribution in [1.82, 2.24) is 5.32 Å². The van der Waals surface area contributed by atoms with Crippen LogP contribution in [0.1, 0.15) is 122 Å². The maximum Gasteiger partial charge on any atom is 0.220 e. The van der Waals surface area contributed by atoms with Crippen LogP contribution in [-0.4, -0.2) is 58.4 Å². The summed E-state index contributed by atoms with van der Waals surface area (Å²) in [5, 5.41) is 2.90. The Bertz CT molecular complexity index is 445. The lowest BCUT2D eigenvalue weighted by atomic mass is 10.0. The fraction of sp³-hybridized carbons (Fsp3) is 0.929. The van der Waals surface area contributed by atoms with Crippen molar-refractivity contribution < 1.29 is 23.8 Å². The summed E-state index contributed by atoms with van der Waals surface area (Å²) in [6.45, 7) is 4.81. The summed E-state index contributed by atoms with van der Waals surface area (Å²) in [6.07, 6.45) is 21.8. The van der Waals surface area contributed by atoms with E-state index in [1.165, 1.54) is 83.5 Å². The molecule has 202 valence electrons. The molecular formula is C28H55NO5. The summed E-state index contributed by atoms with van der Waals surface area (Å²) >= 11 is 0. The Labute approximate surface area is 210 Å². The van der Waals surface area contributed by atoms with Gasteiger partial charge in [-0.05, 0) is 12.8 Å². The topological polar surface area (TPSA) is 73.9 Å². The minimum Gasteiger partial charge on any atom is -0.385 e. The van der Waals surface area contributed by atoms with Crippen LogP contribution in [0.5, 0.6) is 0 Å². The van der Waals surface area contributed by atoms with E-state index in [-0.39, 0.29) is 18.3 Å². The molecule has 0 bridgehead atoms. The second-order valence-electron chi connectivity index (χ2n) is 9.35. The van der Waals surface area contributed by atoms with Gasteiger partial charge in [0.15, 0.2) is 5.78 Å². The lowest BCUT2D eigenvalue weighted by Gasteiger charge is -2.07. The van der Waals surface area contributed by atoms with Gasteiger partial charge in [0, 0.05) is 33.1 Å². The predicted molar refractivity (Wildman–Crippen MR) is 140 cm³/mol. The highest BCUT2D eigenvalue weighted by atomic mass is 16.5. The van der Waals surface area contributed by atoms with E-state index in [0.717, 1.165) is 19.3 Å². The van der Waals surface area contributed by atoms with Crippen molar-refractivity contribution in [3.8, 4) is 0 Å². The maximum absolute atomic E-state index is 11.9. The SMILES string of the molecule is CCCCCCCCCCCCCCCCCC(=O)NCCOCCOCC(=O)CCCOC. The molecule has 0 aliphatic rings. The number of hydrogen-bond acceptors (Lipinski definition) is 5. The molecule has 0 aliphatic heterocycles. The van der Waals surface area contributed by atoms with Gasteiger partial charge >= 0.3 is 0 Å². The number of hydrogen-bond donors (Lipinski definition) is 1. The summed E-state index contributed by atoms with van der Waals surface area (Å²) < 4.78 is 15.6. The van der Waals surface area contributed by atoms with Crippen molar-refractivity contribution in [3.63, 3.8) is 0 Å². The second kappa shape index (κ2) is 28.3. The number of amides is 1. The number of ether oxygens (including phenoxy) is 3. The lowest BCUT2D eigenvalue weighted by Crippen LogP contribution is -2.27. The molecule has 0 saturated carbocycles. The van der Waals surface area contributed by atoms with E-state index < -0.39 is 0 Å². The summed E-state index contributed by atoms with van der Waals surface area (Å²) in [5.41, 5.74) is 0. The molecule has 0 radical (unpaired) electrons. The molecule has 1 N–H and O–H groups in total. The van der Waals surface area contributed by atoms with Crippen LogP contribution in [0.3, 0.4) is 0 Å². The number of rotatable bonds is 28. The normalized spacial score (nSPS) is 11.1. The highest BCUT2D eigenvalue weighted by Gasteiger charge is 2.03. The average Bonchev–Trinajstić information content (AvgIpc) is 2.83. The molecule has 6 heteroatoms. The zero-order valence-corrected chi connectivity index (χ0v) is 22.5. The van der Waals surface area contributed by atoms with Crippen LogP contribution < -0.4 is 5.32 Å². The first kappa shape index (κ1) is 33.0. The zero-order valence-electron chi connectivity index (χ0n) is 22.5. The third-order valence-electron chi connectivity index (χ3n) is 6.02. The van der Waals surface area contributed by atoms with E-state index in [1.807, 2.05) is 0 Å². The Kier molecular flexibility index (Phi) is 27.4. The van der Waals surface area contributed by atoms with Crippen LogP contribution in [0.2, 0.25) is 0 Å². The Hall–Kier alpha value is -0.980. The summed E-state index contributed by atoms with van der Waals surface area (Å²) in [6, 6.07) is 0. The van der Waals surface area contributed by atoms with Crippen molar-refractivity contribution >= 4 is 11.7 Å². The number of ketones is 1. The molecule has 6 nitrogen and oxygen atoms in total. The van der Waals surface area contributed by atoms with Crippen molar-refractivity contribution in [3.05, 3.63) is 0 Å². The molecule has 0 fully saturated rings. The fourth-order valence-electron chi connectivity index (χ4n) is 3.90. The second-order valence-corrected chi connectivity index (χ2v) is 9.35. The molecule has 34 heavy (non-hydrogen) atoms. The third-order valence-corrected chi connectivity index (χ3v) is 6.02. The van der Waals surface area contributed by atoms with Crippen molar-refractivity contribution in [2.75, 3.05) is 46.7 Å². The van der Waals surface area contributed by atoms with E-state index >= 15 is 0 Å². The van der Waals surface area contributed by atoms with Gasteiger partial charge in [-0.25, -0.2) is 0 Å². The Morgan fingerprint density at radius 2 is 1.12 bits per heavy atom. The van der Waals surface area contributed by atoms with Gasteiger partial charge in [-0.2, -0.15) is 0 Å². The molecule has 0 aromatic rings. The monoisotopic (exact) mass is 485 g/mol. The predicted octanol–water partition coefficient (Wildman–Crippen LogP) is 6.39. The van der Waals surface area contributed by atoms with E-state index in [1.54, 1.807) is 7.11 Å². The molecule has 0 aliphatic carbocycles. The first-order valence-corrected chi connectivity index (χ1v) is 14.1. The lowest BCUT2D eigenvalue weighted by molar-refractivity contribution is -0.124. The van der Waals surface area contributed by atoms with Gasteiger partial charge in [0.25, 0.3) is 0 Å². The molecule has 0 rings (SSSR count). The molecule has 0 spiro atoms. The maximum atomic E-state index is 11.9. The largest absolute Gasteiger partial charge is 0.385 e. The van der Waals surface area contributed by atoms with Gasteiger partial charge in [-0.3, -0.25) is 9.59 Å². The van der Waals surface area contributed by atoms with Crippen molar-refractivity contribution in [1.29, 1.82) is 0 Å². The fourth-order valence-corrected chi connectivity index (χ4v) is 3.90. The molecule has 0 heterocycles. The van der Waals surface area contributed by atoms with Crippen LogP contribution >= 0.6 is 0 Å². The Balaban J connectivity index is 3.21. The van der Waals surface area contributed by atoms with Crippen molar-refractivity contribution in [2.45, 2.75) is 122 Å². The molecule has 0 saturated heterocycles. The smallest absolute Gasteiger partial charge is 0.220 e.